The predicted molar refractivity (Wildman–Crippen MR) is 46.8 cm³/mol. The topological polar surface area (TPSA) is 75.7 Å². The quantitative estimate of drug-likeness (QED) is 0.569. The molecule has 1 aromatic rings. The molecule has 1 aromatic carbocycles. The third kappa shape index (κ3) is 1.37. The Kier molecular flexibility index (Phi) is 2.46. The molecule has 62 valence electrons. The monoisotopic (exact) mass is 178 g/mol. The molecule has 0 aromatic heterocycles. The molecule has 0 unspecified atom stereocenters. The van der Waals surface area contributed by atoms with Crippen molar-refractivity contribution >= 4 is 5.69 Å². The Labute approximate surface area is 80.7 Å². The van der Waals surface area contributed by atoms with Gasteiger partial charge in [-0.3, -0.25) is 0 Å². The molecule has 0 saturated heterocycles. The highest BCUT2D eigenvalue weighted by Crippen LogP contribution is 2.22. The predicted octanol–water partition coefficient (Wildman–Crippen LogP) is 1.85. The highest BCUT2D eigenvalue weighted by atomic mass is 14.6. The zero-order valence-electron chi connectivity index (χ0n) is 6.94. The Morgan fingerprint density at radius 3 is 1.86 bits per heavy atom. The lowest BCUT2D eigenvalue weighted by atomic mass is 10.0. The summed E-state index contributed by atoms with van der Waals surface area (Å²) < 4.78 is 0. The summed E-state index contributed by atoms with van der Waals surface area (Å²) in [7, 11) is 0. The van der Waals surface area contributed by atoms with Gasteiger partial charge in [-0.25, -0.2) is 4.85 Å². The van der Waals surface area contributed by atoms with Crippen LogP contribution in [-0.4, -0.2) is 0 Å². The molecule has 0 amide bonds. The van der Waals surface area contributed by atoms with E-state index < -0.39 is 0 Å². The summed E-state index contributed by atoms with van der Waals surface area (Å²) in [4.78, 5) is 3.09. The third-order valence-corrected chi connectivity index (χ3v) is 1.62. The minimum atomic E-state index is 0.100. The van der Waals surface area contributed by atoms with Gasteiger partial charge in [0, 0.05) is 0 Å². The summed E-state index contributed by atoms with van der Waals surface area (Å²) in [5.41, 5.74) is 0.465. The molecule has 0 saturated carbocycles. The van der Waals surface area contributed by atoms with Crippen LogP contribution < -0.4 is 0 Å². The molecule has 0 atom stereocenters. The smallest absolute Gasteiger partial charge is 0.206 e. The van der Waals surface area contributed by atoms with Gasteiger partial charge in [-0.15, -0.1) is 0 Å². The molecular weight excluding hydrogens is 176 g/mol. The molecule has 0 aliphatic rings. The Hall–Kier alpha value is -2.82. The first-order chi connectivity index (χ1) is 6.76. The van der Waals surface area contributed by atoms with Gasteiger partial charge in [-0.1, -0.05) is 0 Å². The van der Waals surface area contributed by atoms with E-state index in [1.807, 2.05) is 0 Å². The van der Waals surface area contributed by atoms with Gasteiger partial charge in [0.25, 0.3) is 0 Å². The maximum atomic E-state index is 8.65. The maximum absolute atomic E-state index is 8.65. The molecule has 0 radical (unpaired) electrons. The normalized spacial score (nSPS) is 7.71. The van der Waals surface area contributed by atoms with Gasteiger partial charge < -0.3 is 0 Å². The lowest BCUT2D eigenvalue weighted by molar-refractivity contribution is 1.41. The molecule has 4 nitrogen and oxygen atoms in total. The van der Waals surface area contributed by atoms with E-state index in [1.165, 1.54) is 12.1 Å². The number of nitriles is 3. The highest BCUT2D eigenvalue weighted by molar-refractivity contribution is 5.65. The van der Waals surface area contributed by atoms with Gasteiger partial charge in [0.15, 0.2) is 0 Å². The summed E-state index contributed by atoms with van der Waals surface area (Å²) in [6.45, 7) is 6.77. The molecule has 0 bridgehead atoms. The molecule has 0 spiro atoms. The van der Waals surface area contributed by atoms with Gasteiger partial charge in [0.2, 0.25) is 5.69 Å². The third-order valence-electron chi connectivity index (χ3n) is 1.62. The minimum Gasteiger partial charge on any atom is -0.237 e. The lowest BCUT2D eigenvalue weighted by Crippen LogP contribution is -1.86. The molecule has 4 heteroatoms. The van der Waals surface area contributed by atoms with E-state index in [2.05, 4.69) is 4.85 Å². The fourth-order valence-electron chi connectivity index (χ4n) is 0.955. The molecular formula is C10H2N4. The van der Waals surface area contributed by atoms with Gasteiger partial charge >= 0.3 is 0 Å². The number of nitrogens with zero attached hydrogens (tertiary/aromatic N) is 4. The fourth-order valence-corrected chi connectivity index (χ4v) is 0.955. The Balaban J connectivity index is 3.60. The summed E-state index contributed by atoms with van der Waals surface area (Å²) in [6, 6.07) is 7.90. The maximum Gasteiger partial charge on any atom is 0.206 e. The molecule has 0 aliphatic carbocycles. The van der Waals surface area contributed by atoms with E-state index in [4.69, 9.17) is 22.4 Å². The van der Waals surface area contributed by atoms with Crippen LogP contribution in [0.5, 0.6) is 0 Å². The fraction of sp³-hybridized carbons (Fsp3) is 0. The van der Waals surface area contributed by atoms with Crippen molar-refractivity contribution in [1.29, 1.82) is 15.8 Å². The van der Waals surface area contributed by atoms with E-state index in [0.717, 1.165) is 0 Å². The van der Waals surface area contributed by atoms with Crippen LogP contribution in [0, 0.1) is 40.6 Å². The van der Waals surface area contributed by atoms with Crippen molar-refractivity contribution in [3.63, 3.8) is 0 Å². The summed E-state index contributed by atoms with van der Waals surface area (Å²) >= 11 is 0. The van der Waals surface area contributed by atoms with Crippen LogP contribution in [0.2, 0.25) is 0 Å². The van der Waals surface area contributed by atoms with Gasteiger partial charge in [0.1, 0.15) is 6.07 Å². The highest BCUT2D eigenvalue weighted by Gasteiger charge is 2.08. The van der Waals surface area contributed by atoms with E-state index >= 15 is 0 Å². The Morgan fingerprint density at radius 2 is 1.43 bits per heavy atom. The van der Waals surface area contributed by atoms with Crippen molar-refractivity contribution in [2.24, 2.45) is 0 Å². The Bertz CT molecular complexity index is 445. The molecule has 1 rings (SSSR count). The zero-order valence-corrected chi connectivity index (χ0v) is 6.94. The standard InChI is InChI=1S/C10H2N4/c1-14-10-3-8(5-12)7(4-11)2-9(10)6-13/h2-3H. The first-order valence-corrected chi connectivity index (χ1v) is 3.52. The molecule has 0 N–H and O–H groups in total. The van der Waals surface area contributed by atoms with Crippen molar-refractivity contribution in [2.75, 3.05) is 0 Å². The van der Waals surface area contributed by atoms with Crippen LogP contribution in [-0.2, 0) is 0 Å². The number of hydrogen-bond acceptors (Lipinski definition) is 3. The summed E-state index contributed by atoms with van der Waals surface area (Å²) in [6.07, 6.45) is 0. The zero-order chi connectivity index (χ0) is 10.6. The van der Waals surface area contributed by atoms with Gasteiger partial charge in [-0.2, -0.15) is 15.8 Å². The first kappa shape index (κ1) is 9.27. The SMILES string of the molecule is [C-]#[N+]c1cc(C#N)c(C#N)cc1C#N. The van der Waals surface area contributed by atoms with Crippen LogP contribution in [0.25, 0.3) is 4.85 Å². The van der Waals surface area contributed by atoms with E-state index in [0.29, 0.717) is 0 Å². The van der Waals surface area contributed by atoms with Gasteiger partial charge in [0.05, 0.1) is 35.4 Å². The lowest BCUT2D eigenvalue weighted by Gasteiger charge is -1.97. The Morgan fingerprint density at radius 1 is 0.929 bits per heavy atom. The van der Waals surface area contributed by atoms with Gasteiger partial charge in [-0.05, 0) is 12.1 Å². The van der Waals surface area contributed by atoms with Crippen molar-refractivity contribution in [3.8, 4) is 18.2 Å². The second kappa shape index (κ2) is 3.72. The second-order valence-corrected chi connectivity index (χ2v) is 2.36. The largest absolute Gasteiger partial charge is 0.237 e. The number of hydrogen-bond donors (Lipinski definition) is 0. The average Bonchev–Trinajstić information content (AvgIpc) is 2.26. The first-order valence-electron chi connectivity index (χ1n) is 3.52. The second-order valence-electron chi connectivity index (χ2n) is 2.36. The average molecular weight is 178 g/mol. The summed E-state index contributed by atoms with van der Waals surface area (Å²) in [5.74, 6) is 0. The van der Waals surface area contributed by atoms with Crippen LogP contribution in [0.1, 0.15) is 16.7 Å². The molecule has 0 heterocycles. The molecule has 0 aliphatic heterocycles. The van der Waals surface area contributed by atoms with Crippen LogP contribution >= 0.6 is 0 Å². The molecule has 14 heavy (non-hydrogen) atoms. The van der Waals surface area contributed by atoms with Crippen molar-refractivity contribution in [2.45, 2.75) is 0 Å². The number of rotatable bonds is 0. The molecule has 0 fully saturated rings. The van der Waals surface area contributed by atoms with Crippen molar-refractivity contribution < 1.29 is 0 Å². The van der Waals surface area contributed by atoms with Crippen molar-refractivity contribution in [3.05, 3.63) is 40.2 Å². The van der Waals surface area contributed by atoms with Crippen LogP contribution in [0.15, 0.2) is 12.1 Å². The minimum absolute atomic E-state index is 0.100. The van der Waals surface area contributed by atoms with Crippen LogP contribution in [0.3, 0.4) is 0 Å². The van der Waals surface area contributed by atoms with Crippen LogP contribution in [0.4, 0.5) is 5.69 Å². The van der Waals surface area contributed by atoms with E-state index in [9.17, 15) is 0 Å². The summed E-state index contributed by atoms with van der Waals surface area (Å²) in [5, 5.41) is 25.9. The number of benzene rings is 1. The van der Waals surface area contributed by atoms with E-state index in [-0.39, 0.29) is 22.4 Å². The van der Waals surface area contributed by atoms with E-state index in [1.54, 1.807) is 18.2 Å². The van der Waals surface area contributed by atoms with Crippen molar-refractivity contribution in [1.82, 2.24) is 0 Å².